The highest BCUT2D eigenvalue weighted by Gasteiger charge is 2.15. The molecular weight excluding hydrogens is 256 g/mol. The lowest BCUT2D eigenvalue weighted by Crippen LogP contribution is -2.23. The number of benzene rings is 1. The molecule has 0 spiro atoms. The Kier molecular flexibility index (Phi) is 3.84. The third-order valence-electron chi connectivity index (χ3n) is 2.75. The van der Waals surface area contributed by atoms with Gasteiger partial charge in [-0.25, -0.2) is 9.97 Å². The number of hydrogen-bond acceptors (Lipinski definition) is 5. The van der Waals surface area contributed by atoms with Crippen molar-refractivity contribution >= 4 is 11.9 Å². The first-order valence-corrected chi connectivity index (χ1v) is 6.02. The van der Waals surface area contributed by atoms with E-state index >= 15 is 0 Å². The fraction of sp³-hybridized carbons (Fsp3) is 0.214. The summed E-state index contributed by atoms with van der Waals surface area (Å²) in [5.41, 5.74) is 7.26. The van der Waals surface area contributed by atoms with Crippen molar-refractivity contribution in [1.82, 2.24) is 14.9 Å². The molecule has 6 nitrogen and oxygen atoms in total. The molecule has 2 rings (SSSR count). The summed E-state index contributed by atoms with van der Waals surface area (Å²) in [6.45, 7) is 0. The maximum Gasteiger partial charge on any atom is 0.272 e. The van der Waals surface area contributed by atoms with Crippen LogP contribution in [0.1, 0.15) is 10.5 Å². The van der Waals surface area contributed by atoms with E-state index in [1.807, 2.05) is 24.3 Å². The third kappa shape index (κ3) is 2.69. The van der Waals surface area contributed by atoms with Gasteiger partial charge < -0.3 is 15.4 Å². The molecule has 0 bridgehead atoms. The molecule has 6 heteroatoms. The quantitative estimate of drug-likeness (QED) is 0.914. The van der Waals surface area contributed by atoms with Gasteiger partial charge in [-0.1, -0.05) is 12.1 Å². The van der Waals surface area contributed by atoms with E-state index < -0.39 is 0 Å². The zero-order chi connectivity index (χ0) is 14.7. The number of rotatable bonds is 3. The molecule has 1 heterocycles. The van der Waals surface area contributed by atoms with Crippen LogP contribution < -0.4 is 10.5 Å². The van der Waals surface area contributed by atoms with Gasteiger partial charge in [0.05, 0.1) is 12.8 Å². The van der Waals surface area contributed by atoms with Crippen molar-refractivity contribution in [2.45, 2.75) is 0 Å². The fourth-order valence-corrected chi connectivity index (χ4v) is 1.80. The average molecular weight is 272 g/mol. The van der Waals surface area contributed by atoms with Crippen LogP contribution in [0.25, 0.3) is 11.3 Å². The van der Waals surface area contributed by atoms with Crippen molar-refractivity contribution in [2.24, 2.45) is 0 Å². The fourth-order valence-electron chi connectivity index (χ4n) is 1.80. The van der Waals surface area contributed by atoms with Crippen molar-refractivity contribution in [3.63, 3.8) is 0 Å². The Bertz CT molecular complexity index is 641. The Morgan fingerprint density at radius 2 is 1.95 bits per heavy atom. The van der Waals surface area contributed by atoms with E-state index in [-0.39, 0.29) is 17.5 Å². The SMILES string of the molecule is COc1ccccc1-c1cc(C(=O)N(C)C)nc(N)n1. The van der Waals surface area contributed by atoms with Crippen molar-refractivity contribution in [3.8, 4) is 17.0 Å². The monoisotopic (exact) mass is 272 g/mol. The molecule has 0 radical (unpaired) electrons. The smallest absolute Gasteiger partial charge is 0.272 e. The summed E-state index contributed by atoms with van der Waals surface area (Å²) in [6, 6.07) is 9.00. The number of aromatic nitrogens is 2. The first-order valence-electron chi connectivity index (χ1n) is 6.02. The Morgan fingerprint density at radius 1 is 1.25 bits per heavy atom. The maximum absolute atomic E-state index is 12.0. The van der Waals surface area contributed by atoms with E-state index in [0.717, 1.165) is 5.56 Å². The highest BCUT2D eigenvalue weighted by Crippen LogP contribution is 2.28. The molecule has 104 valence electrons. The third-order valence-corrected chi connectivity index (χ3v) is 2.75. The van der Waals surface area contributed by atoms with Gasteiger partial charge in [0, 0.05) is 19.7 Å². The normalized spacial score (nSPS) is 10.2. The van der Waals surface area contributed by atoms with Crippen molar-refractivity contribution in [2.75, 3.05) is 26.9 Å². The number of nitrogens with zero attached hydrogens (tertiary/aromatic N) is 3. The van der Waals surface area contributed by atoms with Crippen LogP contribution in [0.4, 0.5) is 5.95 Å². The zero-order valence-corrected chi connectivity index (χ0v) is 11.6. The van der Waals surface area contributed by atoms with Crippen LogP contribution in [-0.2, 0) is 0 Å². The topological polar surface area (TPSA) is 81.3 Å². The molecule has 20 heavy (non-hydrogen) atoms. The van der Waals surface area contributed by atoms with E-state index in [1.165, 1.54) is 4.90 Å². The Balaban J connectivity index is 2.55. The number of carbonyl (C=O) groups excluding carboxylic acids is 1. The van der Waals surface area contributed by atoms with Crippen molar-refractivity contribution in [1.29, 1.82) is 0 Å². The molecule has 0 fully saturated rings. The number of para-hydroxylation sites is 1. The van der Waals surface area contributed by atoms with Crippen molar-refractivity contribution < 1.29 is 9.53 Å². The lowest BCUT2D eigenvalue weighted by atomic mass is 10.1. The van der Waals surface area contributed by atoms with E-state index in [0.29, 0.717) is 11.4 Å². The van der Waals surface area contributed by atoms with Crippen LogP contribution >= 0.6 is 0 Å². The number of amides is 1. The number of methoxy groups -OCH3 is 1. The van der Waals surface area contributed by atoms with E-state index in [4.69, 9.17) is 10.5 Å². The van der Waals surface area contributed by atoms with Crippen molar-refractivity contribution in [3.05, 3.63) is 36.0 Å². The number of nitrogen functional groups attached to an aromatic ring is 1. The van der Waals surface area contributed by atoms with Gasteiger partial charge in [-0.05, 0) is 18.2 Å². The molecule has 0 atom stereocenters. The second-order valence-corrected chi connectivity index (χ2v) is 4.40. The summed E-state index contributed by atoms with van der Waals surface area (Å²) in [5.74, 6) is 0.489. The molecule has 2 aromatic rings. The average Bonchev–Trinajstić information content (AvgIpc) is 2.45. The summed E-state index contributed by atoms with van der Waals surface area (Å²) in [6.07, 6.45) is 0. The van der Waals surface area contributed by atoms with Gasteiger partial charge in [0.25, 0.3) is 5.91 Å². The van der Waals surface area contributed by atoms with Crippen LogP contribution in [0.3, 0.4) is 0 Å². The molecule has 0 aliphatic heterocycles. The van der Waals surface area contributed by atoms with Gasteiger partial charge in [-0.15, -0.1) is 0 Å². The minimum atomic E-state index is -0.227. The highest BCUT2D eigenvalue weighted by molar-refractivity contribution is 5.93. The predicted octanol–water partition coefficient (Wildman–Crippen LogP) is 1.44. The van der Waals surface area contributed by atoms with E-state index in [2.05, 4.69) is 9.97 Å². The van der Waals surface area contributed by atoms with Gasteiger partial charge in [0.15, 0.2) is 0 Å². The number of hydrogen-bond donors (Lipinski definition) is 1. The summed E-state index contributed by atoms with van der Waals surface area (Å²) >= 11 is 0. The molecule has 0 aliphatic rings. The minimum absolute atomic E-state index is 0.0543. The molecule has 1 aromatic heterocycles. The largest absolute Gasteiger partial charge is 0.496 e. The van der Waals surface area contributed by atoms with E-state index in [9.17, 15) is 4.79 Å². The molecule has 2 N–H and O–H groups in total. The molecule has 0 saturated carbocycles. The second kappa shape index (κ2) is 5.56. The summed E-state index contributed by atoms with van der Waals surface area (Å²) in [4.78, 5) is 21.6. The summed E-state index contributed by atoms with van der Waals surface area (Å²) < 4.78 is 5.29. The van der Waals surface area contributed by atoms with Crippen LogP contribution in [0, 0.1) is 0 Å². The molecule has 0 unspecified atom stereocenters. The van der Waals surface area contributed by atoms with Crippen LogP contribution in [0.2, 0.25) is 0 Å². The number of carbonyl (C=O) groups is 1. The number of ether oxygens (including phenoxy) is 1. The zero-order valence-electron chi connectivity index (χ0n) is 11.6. The second-order valence-electron chi connectivity index (χ2n) is 4.40. The van der Waals surface area contributed by atoms with Crippen LogP contribution in [0.15, 0.2) is 30.3 Å². The van der Waals surface area contributed by atoms with Gasteiger partial charge >= 0.3 is 0 Å². The van der Waals surface area contributed by atoms with Gasteiger partial charge in [0.2, 0.25) is 5.95 Å². The standard InChI is InChI=1S/C14H16N4O2/c1-18(2)13(19)11-8-10(16-14(15)17-11)9-6-4-5-7-12(9)20-3/h4-8H,1-3H3,(H2,15,16,17). The highest BCUT2D eigenvalue weighted by atomic mass is 16.5. The van der Waals surface area contributed by atoms with Gasteiger partial charge in [-0.2, -0.15) is 0 Å². The molecule has 1 aromatic carbocycles. The van der Waals surface area contributed by atoms with Crippen LogP contribution in [0.5, 0.6) is 5.75 Å². The molecular formula is C14H16N4O2. The summed E-state index contributed by atoms with van der Waals surface area (Å²) in [7, 11) is 4.89. The minimum Gasteiger partial charge on any atom is -0.496 e. The molecule has 0 saturated heterocycles. The lowest BCUT2D eigenvalue weighted by molar-refractivity contribution is 0.0822. The molecule has 1 amide bonds. The van der Waals surface area contributed by atoms with E-state index in [1.54, 1.807) is 27.3 Å². The Morgan fingerprint density at radius 3 is 2.60 bits per heavy atom. The predicted molar refractivity (Wildman–Crippen MR) is 76.4 cm³/mol. The first-order chi connectivity index (χ1) is 9.52. The Labute approximate surface area is 117 Å². The first kappa shape index (κ1) is 13.8. The Hall–Kier alpha value is -2.63. The lowest BCUT2D eigenvalue weighted by Gasteiger charge is -2.12. The number of anilines is 1. The van der Waals surface area contributed by atoms with Gasteiger partial charge in [0.1, 0.15) is 11.4 Å². The summed E-state index contributed by atoms with van der Waals surface area (Å²) in [5, 5.41) is 0. The van der Waals surface area contributed by atoms with Crippen LogP contribution in [-0.4, -0.2) is 42.0 Å². The maximum atomic E-state index is 12.0. The molecule has 0 aliphatic carbocycles. The number of nitrogens with two attached hydrogens (primary N) is 1. The van der Waals surface area contributed by atoms with Gasteiger partial charge in [-0.3, -0.25) is 4.79 Å².